The van der Waals surface area contributed by atoms with Gasteiger partial charge in [-0.25, -0.2) is 0 Å². The monoisotopic (exact) mass is 751 g/mol. The average molecular weight is 752 g/mol. The number of likely N-dealkylation sites (tertiary alicyclic amines) is 1. The molecule has 0 aliphatic carbocycles. The van der Waals surface area contributed by atoms with Crippen molar-refractivity contribution in [1.82, 2.24) is 20.0 Å². The summed E-state index contributed by atoms with van der Waals surface area (Å²) in [6, 6.07) is 33.0. The van der Waals surface area contributed by atoms with Crippen LogP contribution >= 0.6 is 0 Å². The Hall–Kier alpha value is -5.25. The molecule has 0 radical (unpaired) electrons. The molecule has 0 bridgehead atoms. The van der Waals surface area contributed by atoms with E-state index in [9.17, 15) is 19.5 Å². The van der Waals surface area contributed by atoms with Crippen LogP contribution in [0.1, 0.15) is 89.5 Å². The molecule has 4 aromatic rings. The van der Waals surface area contributed by atoms with Gasteiger partial charge in [0.1, 0.15) is 11.8 Å². The molecular weight excluding hydrogens is 699 g/mol. The summed E-state index contributed by atoms with van der Waals surface area (Å²) in [5.41, 5.74) is 10.3. The highest BCUT2D eigenvalue weighted by Crippen LogP contribution is 2.37. The van der Waals surface area contributed by atoms with Gasteiger partial charge in [-0.05, 0) is 133 Å². The van der Waals surface area contributed by atoms with Gasteiger partial charge in [-0.1, -0.05) is 73.7 Å². The predicted octanol–water partition coefficient (Wildman–Crippen LogP) is 6.91. The molecule has 290 valence electrons. The zero-order valence-corrected chi connectivity index (χ0v) is 32.5. The molecule has 3 amide bonds. The van der Waals surface area contributed by atoms with Gasteiger partial charge in [0.2, 0.25) is 11.8 Å². The van der Waals surface area contributed by atoms with E-state index in [0.29, 0.717) is 24.4 Å². The first kappa shape index (κ1) is 37.7. The lowest BCUT2D eigenvalue weighted by Crippen LogP contribution is -2.52. The zero-order chi connectivity index (χ0) is 38.6. The van der Waals surface area contributed by atoms with Crippen LogP contribution in [0.2, 0.25) is 0 Å². The molecule has 9 heteroatoms. The zero-order valence-electron chi connectivity index (χ0n) is 32.5. The number of benzene rings is 4. The van der Waals surface area contributed by atoms with E-state index in [-0.39, 0.29) is 29.9 Å². The number of carbonyl (C=O) groups excluding carboxylic acids is 3. The normalized spacial score (nSPS) is 20.2. The molecule has 0 saturated carbocycles. The Morgan fingerprint density at radius 2 is 1.39 bits per heavy atom. The van der Waals surface area contributed by atoms with Crippen molar-refractivity contribution in [3.63, 3.8) is 0 Å². The van der Waals surface area contributed by atoms with Crippen molar-refractivity contribution in [2.45, 2.75) is 64.0 Å². The average Bonchev–Trinajstić information content (AvgIpc) is 3.56. The third kappa shape index (κ3) is 8.15. The molecule has 8 rings (SSSR count). The largest absolute Gasteiger partial charge is 0.508 e. The van der Waals surface area contributed by atoms with Gasteiger partial charge in [-0.15, -0.1) is 0 Å². The number of piperazine rings is 1. The molecule has 1 unspecified atom stereocenters. The van der Waals surface area contributed by atoms with Crippen LogP contribution in [0.5, 0.6) is 5.75 Å². The molecule has 4 aromatic carbocycles. The van der Waals surface area contributed by atoms with Crippen LogP contribution in [0.3, 0.4) is 0 Å². The minimum atomic E-state index is -0.584. The Labute approximate surface area is 330 Å². The molecule has 3 fully saturated rings. The maximum absolute atomic E-state index is 13.1. The number of piperidine rings is 2. The lowest BCUT2D eigenvalue weighted by atomic mass is 9.85. The van der Waals surface area contributed by atoms with Crippen LogP contribution < -0.4 is 10.2 Å². The molecule has 56 heavy (non-hydrogen) atoms. The number of nitrogens with one attached hydrogen (secondary N) is 1. The lowest BCUT2D eigenvalue weighted by Gasteiger charge is -2.37. The van der Waals surface area contributed by atoms with Gasteiger partial charge < -0.3 is 19.8 Å². The van der Waals surface area contributed by atoms with Crippen LogP contribution in [-0.2, 0) is 16.1 Å². The number of rotatable bonds is 11. The molecule has 0 aromatic heterocycles. The molecule has 0 spiro atoms. The number of aromatic hydroxyl groups is 1. The number of amides is 3. The number of hydrogen-bond acceptors (Lipinski definition) is 7. The number of hydrogen-bond donors (Lipinski definition) is 2. The molecule has 2 N–H and O–H groups in total. The predicted molar refractivity (Wildman–Crippen MR) is 221 cm³/mol. The third-order valence-electron chi connectivity index (χ3n) is 12.4. The minimum Gasteiger partial charge on any atom is -0.508 e. The summed E-state index contributed by atoms with van der Waals surface area (Å²) in [4.78, 5) is 46.4. The van der Waals surface area contributed by atoms with Crippen LogP contribution in [0, 0.1) is 0 Å². The van der Waals surface area contributed by atoms with E-state index < -0.39 is 6.04 Å². The molecular formula is C47H53N5O4. The van der Waals surface area contributed by atoms with E-state index in [2.05, 4.69) is 87.6 Å². The first-order chi connectivity index (χ1) is 27.3. The van der Waals surface area contributed by atoms with Crippen LogP contribution in [-0.4, -0.2) is 95.9 Å². The van der Waals surface area contributed by atoms with E-state index in [1.807, 2.05) is 24.3 Å². The standard InChI is InChI=1S/C47H53N5O4/c1-2-41(35-7-4-3-5-8-35)45(37-13-16-40(53)17-14-37)36-11-9-33(10-12-36)34-21-25-49(26-22-34)23-6-24-50-27-29-51(30-28-50)39-15-18-42-38(31-39)32-52(47(42)56)43-19-20-44(54)48-46(43)55/h3-5,7-18,31,34,43,53H,2,6,19-30,32H2,1H3,(H,48,54,55)/b45-41+. The smallest absolute Gasteiger partial charge is 0.255 e. The third-order valence-corrected chi connectivity index (χ3v) is 12.4. The van der Waals surface area contributed by atoms with E-state index in [4.69, 9.17) is 0 Å². The van der Waals surface area contributed by atoms with Gasteiger partial charge in [-0.3, -0.25) is 24.6 Å². The second kappa shape index (κ2) is 16.9. The minimum absolute atomic E-state index is 0.122. The number of fused-ring (bicyclic) bond motifs is 1. The van der Waals surface area contributed by atoms with Crippen LogP contribution in [0.4, 0.5) is 5.69 Å². The van der Waals surface area contributed by atoms with Gasteiger partial charge in [0.15, 0.2) is 0 Å². The Bertz CT molecular complexity index is 2060. The topological polar surface area (TPSA) is 96.4 Å². The first-order valence-corrected chi connectivity index (χ1v) is 20.5. The second-order valence-corrected chi connectivity index (χ2v) is 15.8. The fourth-order valence-corrected chi connectivity index (χ4v) is 9.22. The summed E-state index contributed by atoms with van der Waals surface area (Å²) in [6.45, 7) is 11.1. The van der Waals surface area contributed by atoms with Gasteiger partial charge in [-0.2, -0.15) is 0 Å². The molecule has 4 aliphatic heterocycles. The van der Waals surface area contributed by atoms with Crippen molar-refractivity contribution in [1.29, 1.82) is 0 Å². The maximum Gasteiger partial charge on any atom is 0.255 e. The molecule has 4 heterocycles. The highest BCUT2D eigenvalue weighted by atomic mass is 16.3. The summed E-state index contributed by atoms with van der Waals surface area (Å²) in [5.74, 6) is 0.0971. The SMILES string of the molecule is CC/C(=C(\c1ccc(O)cc1)c1ccc(C2CCN(CCCN3CCN(c4ccc5c(c4)CN(C4CCC(=O)NC4=O)C5=O)CC3)CC2)cc1)c1ccccc1. The first-order valence-electron chi connectivity index (χ1n) is 20.5. The highest BCUT2D eigenvalue weighted by Gasteiger charge is 2.39. The van der Waals surface area contributed by atoms with Crippen molar-refractivity contribution in [2.75, 3.05) is 57.3 Å². The number of carbonyl (C=O) groups is 3. The number of allylic oxidation sites excluding steroid dienone is 1. The Balaban J connectivity index is 0.800. The highest BCUT2D eigenvalue weighted by molar-refractivity contribution is 6.05. The van der Waals surface area contributed by atoms with Crippen molar-refractivity contribution in [3.05, 3.63) is 130 Å². The maximum atomic E-state index is 13.1. The summed E-state index contributed by atoms with van der Waals surface area (Å²) < 4.78 is 0. The van der Waals surface area contributed by atoms with E-state index in [1.54, 1.807) is 17.0 Å². The van der Waals surface area contributed by atoms with E-state index in [1.165, 1.54) is 47.1 Å². The van der Waals surface area contributed by atoms with Crippen LogP contribution in [0.15, 0.2) is 97.1 Å². The van der Waals surface area contributed by atoms with E-state index in [0.717, 1.165) is 75.6 Å². The number of nitrogens with zero attached hydrogens (tertiary/aromatic N) is 4. The second-order valence-electron chi connectivity index (χ2n) is 15.8. The number of phenolic OH excluding ortho intramolecular Hbond substituents is 1. The Morgan fingerprint density at radius 3 is 2.05 bits per heavy atom. The molecule has 3 saturated heterocycles. The molecule has 9 nitrogen and oxygen atoms in total. The molecule has 4 aliphatic rings. The van der Waals surface area contributed by atoms with Gasteiger partial charge in [0.05, 0.1) is 0 Å². The lowest BCUT2D eigenvalue weighted by molar-refractivity contribution is -0.136. The van der Waals surface area contributed by atoms with Gasteiger partial charge in [0, 0.05) is 50.4 Å². The van der Waals surface area contributed by atoms with Crippen molar-refractivity contribution >= 4 is 34.6 Å². The summed E-state index contributed by atoms with van der Waals surface area (Å²) in [5, 5.41) is 12.4. The van der Waals surface area contributed by atoms with Gasteiger partial charge >= 0.3 is 0 Å². The Morgan fingerprint density at radius 1 is 0.732 bits per heavy atom. The summed E-state index contributed by atoms with van der Waals surface area (Å²) >= 11 is 0. The number of imide groups is 1. The summed E-state index contributed by atoms with van der Waals surface area (Å²) in [7, 11) is 0. The van der Waals surface area contributed by atoms with Crippen molar-refractivity contribution in [2.24, 2.45) is 0 Å². The van der Waals surface area contributed by atoms with Crippen molar-refractivity contribution < 1.29 is 19.5 Å². The number of phenols is 1. The molecule has 1 atom stereocenters. The quantitative estimate of drug-likeness (QED) is 0.127. The number of anilines is 1. The van der Waals surface area contributed by atoms with E-state index >= 15 is 0 Å². The van der Waals surface area contributed by atoms with Crippen molar-refractivity contribution in [3.8, 4) is 5.75 Å². The van der Waals surface area contributed by atoms with Gasteiger partial charge in [0.25, 0.3) is 5.91 Å². The fraction of sp³-hybridized carbons (Fsp3) is 0.383. The Kier molecular flexibility index (Phi) is 11.3. The fourth-order valence-electron chi connectivity index (χ4n) is 9.22. The summed E-state index contributed by atoms with van der Waals surface area (Å²) in [6.07, 6.45) is 5.09. The van der Waals surface area contributed by atoms with Crippen LogP contribution in [0.25, 0.3) is 11.1 Å².